The standard InChI is InChI=1S/C18H12Cl2N4O2S/c19-12-2-1-10(5-13(12)20)23-16-9(6-21)7-22-17-15(16)11-3-4-24(18(25)26)8-14(11)27-17/h1-2,5,7H,3-4,8H2,(H,22,23)(H,25,26). The highest BCUT2D eigenvalue weighted by Gasteiger charge is 2.26. The predicted octanol–water partition coefficient (Wildman–Crippen LogP) is 5.25. The fourth-order valence-electron chi connectivity index (χ4n) is 3.16. The van der Waals surface area contributed by atoms with Crippen LogP contribution >= 0.6 is 34.5 Å². The van der Waals surface area contributed by atoms with Gasteiger partial charge >= 0.3 is 6.09 Å². The summed E-state index contributed by atoms with van der Waals surface area (Å²) in [6.45, 7) is 0.747. The van der Waals surface area contributed by atoms with Crippen molar-refractivity contribution in [3.05, 3.63) is 50.4 Å². The van der Waals surface area contributed by atoms with Gasteiger partial charge in [0, 0.05) is 28.7 Å². The molecule has 1 aromatic carbocycles. The Morgan fingerprint density at radius 2 is 2.19 bits per heavy atom. The molecule has 0 aliphatic carbocycles. The normalized spacial score (nSPS) is 13.3. The number of carbonyl (C=O) groups is 1. The lowest BCUT2D eigenvalue weighted by Crippen LogP contribution is -2.34. The van der Waals surface area contributed by atoms with Crippen LogP contribution in [0.4, 0.5) is 16.2 Å². The Kier molecular flexibility index (Phi) is 4.56. The van der Waals surface area contributed by atoms with Gasteiger partial charge in [-0.1, -0.05) is 23.2 Å². The number of nitrogens with one attached hydrogen (secondary N) is 1. The molecule has 6 nitrogen and oxygen atoms in total. The topological polar surface area (TPSA) is 89.3 Å². The van der Waals surface area contributed by atoms with Crippen LogP contribution in [0.2, 0.25) is 10.0 Å². The van der Waals surface area contributed by atoms with Gasteiger partial charge in [-0.25, -0.2) is 9.78 Å². The number of hydrogen-bond donors (Lipinski definition) is 2. The molecular weight excluding hydrogens is 407 g/mol. The minimum Gasteiger partial charge on any atom is -0.465 e. The van der Waals surface area contributed by atoms with Crippen molar-refractivity contribution in [1.82, 2.24) is 9.88 Å². The molecule has 27 heavy (non-hydrogen) atoms. The Labute approximate surface area is 168 Å². The van der Waals surface area contributed by atoms with Crippen molar-refractivity contribution in [2.24, 2.45) is 0 Å². The molecule has 3 heterocycles. The fourth-order valence-corrected chi connectivity index (χ4v) is 4.67. The Balaban J connectivity index is 1.85. The molecule has 1 aliphatic heterocycles. The molecule has 0 bridgehead atoms. The number of fused-ring (bicyclic) bond motifs is 3. The first-order valence-corrected chi connectivity index (χ1v) is 9.58. The van der Waals surface area contributed by atoms with E-state index < -0.39 is 6.09 Å². The molecular formula is C18H12Cl2N4O2S. The van der Waals surface area contributed by atoms with E-state index in [4.69, 9.17) is 23.2 Å². The molecule has 0 spiro atoms. The van der Waals surface area contributed by atoms with Crippen LogP contribution in [0.5, 0.6) is 0 Å². The van der Waals surface area contributed by atoms with E-state index in [9.17, 15) is 15.2 Å². The largest absolute Gasteiger partial charge is 0.465 e. The lowest BCUT2D eigenvalue weighted by Gasteiger charge is -2.24. The average Bonchev–Trinajstić information content (AvgIpc) is 3.03. The first-order valence-electron chi connectivity index (χ1n) is 8.01. The number of halogens is 2. The van der Waals surface area contributed by atoms with E-state index in [0.717, 1.165) is 20.7 Å². The molecule has 9 heteroatoms. The summed E-state index contributed by atoms with van der Waals surface area (Å²) >= 11 is 13.5. The van der Waals surface area contributed by atoms with Crippen molar-refractivity contribution >= 4 is 62.2 Å². The SMILES string of the molecule is N#Cc1cnc2sc3c(c2c1Nc1ccc(Cl)c(Cl)c1)CCN(C(=O)O)C3. The van der Waals surface area contributed by atoms with E-state index in [1.54, 1.807) is 18.2 Å². The maximum Gasteiger partial charge on any atom is 0.407 e. The third kappa shape index (κ3) is 3.16. The molecule has 0 saturated carbocycles. The van der Waals surface area contributed by atoms with Gasteiger partial charge in [0.05, 0.1) is 27.8 Å². The van der Waals surface area contributed by atoms with Gasteiger partial charge < -0.3 is 15.3 Å². The first kappa shape index (κ1) is 17.9. The summed E-state index contributed by atoms with van der Waals surface area (Å²) in [6.07, 6.45) is 1.17. The molecule has 0 saturated heterocycles. The van der Waals surface area contributed by atoms with E-state index in [1.165, 1.54) is 22.4 Å². The van der Waals surface area contributed by atoms with Crippen molar-refractivity contribution in [3.8, 4) is 6.07 Å². The molecule has 1 amide bonds. The van der Waals surface area contributed by atoms with Gasteiger partial charge in [-0.2, -0.15) is 5.26 Å². The minimum atomic E-state index is -0.932. The van der Waals surface area contributed by atoms with Crippen LogP contribution < -0.4 is 5.32 Å². The van der Waals surface area contributed by atoms with Gasteiger partial charge in [-0.15, -0.1) is 11.3 Å². The highest BCUT2D eigenvalue weighted by molar-refractivity contribution is 7.19. The minimum absolute atomic E-state index is 0.333. The van der Waals surface area contributed by atoms with E-state index in [-0.39, 0.29) is 0 Å². The number of nitriles is 1. The molecule has 4 rings (SSSR count). The van der Waals surface area contributed by atoms with Crippen LogP contribution in [0.25, 0.3) is 10.2 Å². The fraction of sp³-hybridized carbons (Fsp3) is 0.167. The zero-order valence-corrected chi connectivity index (χ0v) is 16.1. The average molecular weight is 419 g/mol. The first-order chi connectivity index (χ1) is 13.0. The summed E-state index contributed by atoms with van der Waals surface area (Å²) in [7, 11) is 0. The predicted molar refractivity (Wildman–Crippen MR) is 106 cm³/mol. The van der Waals surface area contributed by atoms with Gasteiger partial charge in [-0.3, -0.25) is 0 Å². The number of anilines is 2. The number of rotatable bonds is 2. The van der Waals surface area contributed by atoms with Gasteiger partial charge in [0.1, 0.15) is 10.9 Å². The summed E-state index contributed by atoms with van der Waals surface area (Å²) in [5.74, 6) is 0. The lowest BCUT2D eigenvalue weighted by atomic mass is 10.0. The number of amides is 1. The molecule has 0 radical (unpaired) electrons. The summed E-state index contributed by atoms with van der Waals surface area (Å²) in [4.78, 5) is 18.8. The van der Waals surface area contributed by atoms with Crippen LogP contribution in [0.15, 0.2) is 24.4 Å². The Morgan fingerprint density at radius 1 is 1.37 bits per heavy atom. The monoisotopic (exact) mass is 418 g/mol. The number of thiophene rings is 1. The number of hydrogen-bond acceptors (Lipinski definition) is 5. The second kappa shape index (κ2) is 6.89. The molecule has 1 aliphatic rings. The molecule has 2 aromatic heterocycles. The Morgan fingerprint density at radius 3 is 2.89 bits per heavy atom. The number of pyridine rings is 1. The molecule has 0 atom stereocenters. The second-order valence-electron chi connectivity index (χ2n) is 6.05. The molecule has 3 aromatic rings. The van der Waals surface area contributed by atoms with Gasteiger partial charge in [0.2, 0.25) is 0 Å². The van der Waals surface area contributed by atoms with Crippen LogP contribution in [0.3, 0.4) is 0 Å². The summed E-state index contributed by atoms with van der Waals surface area (Å²) in [5.41, 5.74) is 2.81. The molecule has 2 N–H and O–H groups in total. The summed E-state index contributed by atoms with van der Waals surface area (Å²) < 4.78 is 0. The molecule has 0 fully saturated rings. The van der Waals surface area contributed by atoms with Crippen LogP contribution in [0, 0.1) is 11.3 Å². The van der Waals surface area contributed by atoms with E-state index in [0.29, 0.717) is 46.5 Å². The maximum atomic E-state index is 11.3. The maximum absolute atomic E-state index is 11.3. The smallest absolute Gasteiger partial charge is 0.407 e. The van der Waals surface area contributed by atoms with Crippen LogP contribution in [-0.4, -0.2) is 27.6 Å². The zero-order valence-electron chi connectivity index (χ0n) is 13.8. The van der Waals surface area contributed by atoms with Crippen LogP contribution in [-0.2, 0) is 13.0 Å². The lowest BCUT2D eigenvalue weighted by molar-refractivity contribution is 0.140. The third-order valence-electron chi connectivity index (χ3n) is 4.45. The van der Waals surface area contributed by atoms with Crippen molar-refractivity contribution < 1.29 is 9.90 Å². The van der Waals surface area contributed by atoms with E-state index >= 15 is 0 Å². The second-order valence-corrected chi connectivity index (χ2v) is 7.95. The van der Waals surface area contributed by atoms with Gasteiger partial charge in [0.25, 0.3) is 0 Å². The van der Waals surface area contributed by atoms with Gasteiger partial charge in [-0.05, 0) is 30.2 Å². The van der Waals surface area contributed by atoms with Crippen molar-refractivity contribution in [2.45, 2.75) is 13.0 Å². The molecule has 0 unspecified atom stereocenters. The van der Waals surface area contributed by atoms with E-state index in [1.807, 2.05) is 0 Å². The molecule has 136 valence electrons. The van der Waals surface area contributed by atoms with Crippen molar-refractivity contribution in [3.63, 3.8) is 0 Å². The summed E-state index contributed by atoms with van der Waals surface area (Å²) in [6, 6.07) is 7.34. The number of aromatic nitrogens is 1. The number of carboxylic acid groups (broad SMARTS) is 1. The number of benzene rings is 1. The van der Waals surface area contributed by atoms with E-state index in [2.05, 4.69) is 16.4 Å². The van der Waals surface area contributed by atoms with Gasteiger partial charge in [0.15, 0.2) is 0 Å². The Hall–Kier alpha value is -2.53. The Bertz CT molecular complexity index is 1120. The third-order valence-corrected chi connectivity index (χ3v) is 6.31. The number of nitrogens with zero attached hydrogens (tertiary/aromatic N) is 3. The van der Waals surface area contributed by atoms with Crippen LogP contribution in [0.1, 0.15) is 16.0 Å². The zero-order chi connectivity index (χ0) is 19.1. The van der Waals surface area contributed by atoms with Crippen molar-refractivity contribution in [1.29, 1.82) is 5.26 Å². The highest BCUT2D eigenvalue weighted by Crippen LogP contribution is 2.41. The van der Waals surface area contributed by atoms with Crippen molar-refractivity contribution in [2.75, 3.05) is 11.9 Å². The highest BCUT2D eigenvalue weighted by atomic mass is 35.5. The summed E-state index contributed by atoms with van der Waals surface area (Å²) in [5, 5.41) is 23.8. The quantitative estimate of drug-likeness (QED) is 0.592.